The van der Waals surface area contributed by atoms with E-state index in [1.807, 2.05) is 55.6 Å². The number of aliphatic hydroxyl groups excluding tert-OH is 1. The van der Waals surface area contributed by atoms with Gasteiger partial charge in [0, 0.05) is 65.4 Å². The van der Waals surface area contributed by atoms with Crippen LogP contribution in [0, 0.1) is 23.7 Å². The monoisotopic (exact) mass is 979 g/mol. The second-order valence-corrected chi connectivity index (χ2v) is 31.8. The van der Waals surface area contributed by atoms with Crippen molar-refractivity contribution in [2.75, 3.05) is 35.4 Å². The topological polar surface area (TPSA) is 175 Å². The van der Waals surface area contributed by atoms with Gasteiger partial charge in [-0.3, -0.25) is 4.79 Å². The number of oxime groups is 1. The van der Waals surface area contributed by atoms with Crippen LogP contribution in [-0.2, 0) is 56.4 Å². The average molecular weight is 979 g/mol. The van der Waals surface area contributed by atoms with Crippen molar-refractivity contribution in [2.24, 2.45) is 28.8 Å². The van der Waals surface area contributed by atoms with Crippen LogP contribution < -0.4 is 0 Å². The van der Waals surface area contributed by atoms with Crippen LogP contribution in [0.15, 0.2) is 5.16 Å². The minimum absolute atomic E-state index is 0.0377. The highest BCUT2D eigenvalue weighted by Crippen LogP contribution is 2.43. The van der Waals surface area contributed by atoms with Gasteiger partial charge in [0.2, 0.25) is 5.79 Å². The molecule has 0 aromatic heterocycles. The van der Waals surface area contributed by atoms with E-state index in [0.717, 1.165) is 6.42 Å². The van der Waals surface area contributed by atoms with Crippen molar-refractivity contribution in [3.05, 3.63) is 0 Å². The summed E-state index contributed by atoms with van der Waals surface area (Å²) in [5.74, 6) is -4.58. The highest BCUT2D eigenvalue weighted by atomic mass is 28.4. The van der Waals surface area contributed by atoms with Gasteiger partial charge in [0.25, 0.3) is 0 Å². The van der Waals surface area contributed by atoms with Gasteiger partial charge >= 0.3 is 5.97 Å². The second kappa shape index (κ2) is 23.0. The third kappa shape index (κ3) is 14.7. The number of rotatable bonds is 15. The SMILES string of the molecule is CC[C@H]1OC(=O)[C@H](C)[C@@H](O[C@H]2C[C@@](C)(OC)[C@@H](O[Si](C)(C)C)[C@H](C)O2)[C@H](C)[C@@H](O[C@@H]2O[C@H](C)C[C@H](N(C)C)[C@H]2O[Si](C)(C)C)[C@](C)(OC)C[C@@H](C)/C(=N/OC(C)(C)OC)[C@H](C)[C@@H](O)[C@]1(C)O. The molecule has 3 saturated heterocycles. The van der Waals surface area contributed by atoms with E-state index >= 15 is 0 Å². The Kier molecular flexibility index (Phi) is 20.6. The van der Waals surface area contributed by atoms with Crippen LogP contribution in [-0.4, -0.2) is 169 Å². The molecule has 0 unspecified atom stereocenters. The number of hydrogen-bond acceptors (Lipinski definition) is 16. The Bertz CT molecular complexity index is 1580. The summed E-state index contributed by atoms with van der Waals surface area (Å²) in [5.41, 5.74) is -3.44. The Morgan fingerprint density at radius 2 is 1.38 bits per heavy atom. The molecule has 3 heterocycles. The lowest BCUT2D eigenvalue weighted by atomic mass is 9.73. The van der Waals surface area contributed by atoms with Gasteiger partial charge in [0.15, 0.2) is 29.2 Å². The molecule has 3 aliphatic heterocycles. The second-order valence-electron chi connectivity index (χ2n) is 22.9. The van der Waals surface area contributed by atoms with Gasteiger partial charge in [-0.1, -0.05) is 32.9 Å². The normalized spacial score (nSPS) is 42.5. The van der Waals surface area contributed by atoms with Crippen LogP contribution in [0.4, 0.5) is 0 Å². The number of methoxy groups -OCH3 is 3. The van der Waals surface area contributed by atoms with Crippen molar-refractivity contribution in [1.29, 1.82) is 0 Å². The maximum Gasteiger partial charge on any atom is 0.311 e. The average Bonchev–Trinajstić information content (AvgIpc) is 3.20. The van der Waals surface area contributed by atoms with Crippen LogP contribution in [0.25, 0.3) is 0 Å². The van der Waals surface area contributed by atoms with Gasteiger partial charge in [-0.15, -0.1) is 0 Å². The molecule has 0 saturated carbocycles. The predicted octanol–water partition coefficient (Wildman–Crippen LogP) is 7.34. The largest absolute Gasteiger partial charge is 0.459 e. The summed E-state index contributed by atoms with van der Waals surface area (Å²) in [6, 6.07) is -0.0377. The third-order valence-corrected chi connectivity index (χ3v) is 16.0. The molecule has 18 heteroatoms. The highest BCUT2D eigenvalue weighted by Gasteiger charge is 2.55. The van der Waals surface area contributed by atoms with Crippen molar-refractivity contribution in [3.63, 3.8) is 0 Å². The summed E-state index contributed by atoms with van der Waals surface area (Å²) in [6.07, 6.45) is -5.99. The first kappa shape index (κ1) is 59.2. The molecule has 66 heavy (non-hydrogen) atoms. The standard InChI is InChI=1S/C48H94N2O14Si2/c1-24-35-48(12,53)40(51)30(4)37(49-64-45(8,9)54-15)28(2)26-46(10,55-16)41(61-44-39(62-65(18,19)20)34(50(13)14)25-29(3)57-44)31(5)38(32(6)43(52)59-35)60-36-27-47(11,56-17)42(33(7)58-36)63-66(21,22)23/h28-36,38-42,44,51,53H,24-27H2,1-23H3/b49-37-/t28-,29-,30+,31+,32-,33+,34+,35-,36+,38+,39-,40-,41-,42+,44+,46-,47-,48-/m1/s1. The number of nitrogens with zero attached hydrogens (tertiary/aromatic N) is 2. The van der Waals surface area contributed by atoms with Gasteiger partial charge in [-0.25, -0.2) is 0 Å². The number of carbonyl (C=O) groups excluding carboxylic acids is 1. The van der Waals surface area contributed by atoms with E-state index in [1.165, 1.54) is 14.0 Å². The summed E-state index contributed by atoms with van der Waals surface area (Å²) >= 11 is 0. The van der Waals surface area contributed by atoms with Crippen molar-refractivity contribution in [3.8, 4) is 0 Å². The molecule has 0 spiro atoms. The minimum Gasteiger partial charge on any atom is -0.459 e. The fourth-order valence-corrected chi connectivity index (χ4v) is 12.4. The number of carbonyl (C=O) groups is 1. The third-order valence-electron chi connectivity index (χ3n) is 14.1. The molecule has 0 bridgehead atoms. The number of hydrogen-bond donors (Lipinski definition) is 2. The summed E-state index contributed by atoms with van der Waals surface area (Å²) < 4.78 is 66.4. The van der Waals surface area contributed by atoms with Gasteiger partial charge in [0.05, 0.1) is 59.5 Å². The first-order chi connectivity index (χ1) is 30.1. The fourth-order valence-electron chi connectivity index (χ4n) is 10.1. The molecule has 18 atom stereocenters. The van der Waals surface area contributed by atoms with E-state index < -0.39 is 118 Å². The number of aliphatic hydroxyl groups is 2. The van der Waals surface area contributed by atoms with E-state index in [1.54, 1.807) is 48.8 Å². The summed E-state index contributed by atoms with van der Waals surface area (Å²) in [6.45, 7) is 35.1. The molecule has 0 aromatic carbocycles. The molecule has 3 aliphatic rings. The zero-order chi connectivity index (χ0) is 50.7. The lowest BCUT2D eigenvalue weighted by Gasteiger charge is -2.51. The molecule has 0 aliphatic carbocycles. The Hall–Kier alpha value is -1.11. The maximum absolute atomic E-state index is 14.8. The Balaban J connectivity index is 2.39. The smallest absolute Gasteiger partial charge is 0.311 e. The van der Waals surface area contributed by atoms with E-state index in [0.29, 0.717) is 12.1 Å². The van der Waals surface area contributed by atoms with Crippen molar-refractivity contribution in [2.45, 2.75) is 238 Å². The molecule has 16 nitrogen and oxygen atoms in total. The maximum atomic E-state index is 14.8. The first-order valence-electron chi connectivity index (χ1n) is 24.3. The minimum atomic E-state index is -2.19. The number of cyclic esters (lactones) is 1. The molecule has 3 rings (SSSR count). The number of esters is 1. The Labute approximate surface area is 400 Å². The van der Waals surface area contributed by atoms with Crippen LogP contribution in [0.2, 0.25) is 39.3 Å². The molecule has 388 valence electrons. The van der Waals surface area contributed by atoms with Crippen LogP contribution in [0.5, 0.6) is 0 Å². The van der Waals surface area contributed by atoms with Gasteiger partial charge < -0.3 is 66.7 Å². The lowest BCUT2D eigenvalue weighted by molar-refractivity contribution is -0.316. The van der Waals surface area contributed by atoms with Gasteiger partial charge in [-0.2, -0.15) is 0 Å². The van der Waals surface area contributed by atoms with Crippen LogP contribution in [0.1, 0.15) is 109 Å². The molecule has 2 N–H and O–H groups in total. The number of likely N-dealkylation sites (N-methyl/N-ethyl adjacent to an activating group) is 1. The molecular weight excluding hydrogens is 885 g/mol. The first-order valence-corrected chi connectivity index (χ1v) is 31.1. The Morgan fingerprint density at radius 1 is 0.818 bits per heavy atom. The van der Waals surface area contributed by atoms with E-state index in [9.17, 15) is 15.0 Å². The van der Waals surface area contributed by atoms with Crippen LogP contribution in [0.3, 0.4) is 0 Å². The molecule has 0 aromatic rings. The van der Waals surface area contributed by atoms with Crippen molar-refractivity contribution < 1.29 is 66.6 Å². The highest BCUT2D eigenvalue weighted by molar-refractivity contribution is 6.70. The lowest BCUT2D eigenvalue weighted by Crippen LogP contribution is -2.63. The number of ether oxygens (including phenoxy) is 8. The summed E-state index contributed by atoms with van der Waals surface area (Å²) in [7, 11) is 4.68. The molecule has 3 fully saturated rings. The zero-order valence-corrected chi connectivity index (χ0v) is 47.2. The van der Waals surface area contributed by atoms with Crippen molar-refractivity contribution in [1.82, 2.24) is 4.90 Å². The van der Waals surface area contributed by atoms with Gasteiger partial charge in [0.1, 0.15) is 17.8 Å². The van der Waals surface area contributed by atoms with E-state index in [4.69, 9.17) is 51.6 Å². The predicted molar refractivity (Wildman–Crippen MR) is 260 cm³/mol. The molecule has 0 radical (unpaired) electrons. The quantitative estimate of drug-likeness (QED) is 0.0721. The summed E-state index contributed by atoms with van der Waals surface area (Å²) in [5, 5.41) is 29.1. The van der Waals surface area contributed by atoms with E-state index in [2.05, 4.69) is 49.3 Å². The van der Waals surface area contributed by atoms with Crippen LogP contribution >= 0.6 is 0 Å². The Morgan fingerprint density at radius 3 is 1.88 bits per heavy atom. The molecular formula is C48H94N2O14Si2. The van der Waals surface area contributed by atoms with Crippen molar-refractivity contribution >= 4 is 28.3 Å². The zero-order valence-electron chi connectivity index (χ0n) is 45.2. The fraction of sp³-hybridized carbons (Fsp3) is 0.958. The van der Waals surface area contributed by atoms with Gasteiger partial charge in [-0.05, 0) is 114 Å². The van der Waals surface area contributed by atoms with E-state index in [-0.39, 0.29) is 31.1 Å². The summed E-state index contributed by atoms with van der Waals surface area (Å²) in [4.78, 5) is 23.0. The molecule has 0 amide bonds.